The monoisotopic (exact) mass is 323 g/mol. The lowest BCUT2D eigenvalue weighted by Crippen LogP contribution is -2.31. The molecule has 24 heavy (non-hydrogen) atoms. The predicted octanol–water partition coefficient (Wildman–Crippen LogP) is 1.39. The number of aliphatic hydroxyl groups excluding tert-OH is 1. The van der Waals surface area contributed by atoms with Gasteiger partial charge in [0.1, 0.15) is 0 Å². The topological polar surface area (TPSA) is 95.1 Å². The third-order valence-electron chi connectivity index (χ3n) is 3.79. The fourth-order valence-corrected chi connectivity index (χ4v) is 2.44. The van der Waals surface area contributed by atoms with E-state index in [4.69, 9.17) is 5.11 Å². The van der Waals surface area contributed by atoms with Gasteiger partial charge in [-0.25, -0.2) is 0 Å². The number of carbonyl (C=O) groups excluding carboxylic acids is 1. The highest BCUT2D eigenvalue weighted by atomic mass is 16.3. The molecule has 6 nitrogen and oxygen atoms in total. The molecule has 0 bridgehead atoms. The minimum Gasteiger partial charge on any atom is -0.392 e. The van der Waals surface area contributed by atoms with Crippen LogP contribution in [0.3, 0.4) is 0 Å². The minimum atomic E-state index is -0.492. The van der Waals surface area contributed by atoms with Crippen LogP contribution in [0.1, 0.15) is 21.6 Å². The molecule has 0 radical (unpaired) electrons. The summed E-state index contributed by atoms with van der Waals surface area (Å²) in [6, 6.07) is 14.4. The Kier molecular flexibility index (Phi) is 4.67. The van der Waals surface area contributed by atoms with Gasteiger partial charge in [0.25, 0.3) is 5.91 Å². The number of nitrogens with one attached hydrogen (secondary N) is 2. The maximum Gasteiger partial charge on any atom is 0.275 e. The molecule has 0 aliphatic heterocycles. The quantitative estimate of drug-likeness (QED) is 0.661. The number of aliphatic hydroxyl groups is 1. The van der Waals surface area contributed by atoms with E-state index in [2.05, 4.69) is 15.5 Å². The molecule has 0 unspecified atom stereocenters. The summed E-state index contributed by atoms with van der Waals surface area (Å²) in [6.45, 7) is 0.401. The molecule has 6 heteroatoms. The van der Waals surface area contributed by atoms with Gasteiger partial charge < -0.3 is 10.4 Å². The summed E-state index contributed by atoms with van der Waals surface area (Å²) in [5.74, 6) is -0.492. The highest BCUT2D eigenvalue weighted by molar-refractivity contribution is 5.95. The summed E-state index contributed by atoms with van der Waals surface area (Å²) in [6.07, 6.45) is 0.628. The van der Waals surface area contributed by atoms with Crippen LogP contribution in [0.25, 0.3) is 10.9 Å². The minimum absolute atomic E-state index is 0.00737. The van der Waals surface area contributed by atoms with Crippen LogP contribution >= 0.6 is 0 Å². The van der Waals surface area contributed by atoms with Crippen molar-refractivity contribution in [3.05, 3.63) is 75.6 Å². The van der Waals surface area contributed by atoms with Crippen molar-refractivity contribution >= 4 is 16.8 Å². The lowest BCUT2D eigenvalue weighted by Gasteiger charge is -2.06. The van der Waals surface area contributed by atoms with E-state index in [1.54, 1.807) is 24.3 Å². The van der Waals surface area contributed by atoms with E-state index in [1.807, 2.05) is 24.3 Å². The Morgan fingerprint density at radius 3 is 2.54 bits per heavy atom. The first-order chi connectivity index (χ1) is 11.7. The second kappa shape index (κ2) is 7.06. The number of aromatic nitrogens is 2. The summed E-state index contributed by atoms with van der Waals surface area (Å²) in [4.78, 5) is 24.5. The van der Waals surface area contributed by atoms with Crippen molar-refractivity contribution in [3.63, 3.8) is 0 Å². The van der Waals surface area contributed by atoms with Crippen molar-refractivity contribution in [3.8, 4) is 0 Å². The molecule has 0 saturated carbocycles. The van der Waals surface area contributed by atoms with Crippen LogP contribution in [0, 0.1) is 0 Å². The van der Waals surface area contributed by atoms with Crippen molar-refractivity contribution in [2.24, 2.45) is 0 Å². The molecule has 3 rings (SSSR count). The van der Waals surface area contributed by atoms with E-state index < -0.39 is 5.91 Å². The largest absolute Gasteiger partial charge is 0.392 e. The predicted molar refractivity (Wildman–Crippen MR) is 90.8 cm³/mol. The Labute approximate surface area is 138 Å². The molecule has 1 amide bonds. The summed E-state index contributed by atoms with van der Waals surface area (Å²) >= 11 is 0. The average Bonchev–Trinajstić information content (AvgIpc) is 2.62. The molecule has 3 N–H and O–H groups in total. The highest BCUT2D eigenvalue weighted by Gasteiger charge is 2.14. The Hall–Kier alpha value is -2.99. The molecule has 0 fully saturated rings. The number of aromatic amines is 1. The van der Waals surface area contributed by atoms with Crippen LogP contribution in [-0.4, -0.2) is 27.8 Å². The Balaban J connectivity index is 1.66. The number of rotatable bonds is 5. The number of para-hydroxylation sites is 1. The molecule has 122 valence electrons. The first-order valence-corrected chi connectivity index (χ1v) is 7.63. The Morgan fingerprint density at radius 2 is 1.79 bits per heavy atom. The van der Waals surface area contributed by atoms with Crippen molar-refractivity contribution in [1.29, 1.82) is 0 Å². The number of hydrogen-bond donors (Lipinski definition) is 3. The lowest BCUT2D eigenvalue weighted by molar-refractivity contribution is 0.0947. The number of amides is 1. The van der Waals surface area contributed by atoms with Crippen molar-refractivity contribution in [2.45, 2.75) is 13.0 Å². The lowest BCUT2D eigenvalue weighted by atomic mass is 10.1. The van der Waals surface area contributed by atoms with E-state index in [0.717, 1.165) is 11.1 Å². The summed E-state index contributed by atoms with van der Waals surface area (Å²) in [5.41, 5.74) is 1.96. The van der Waals surface area contributed by atoms with E-state index in [9.17, 15) is 9.59 Å². The van der Waals surface area contributed by atoms with Gasteiger partial charge in [0, 0.05) is 11.9 Å². The average molecular weight is 323 g/mol. The number of nitrogens with zero attached hydrogens (tertiary/aromatic N) is 1. The smallest absolute Gasteiger partial charge is 0.275 e. The molecule has 0 saturated heterocycles. The van der Waals surface area contributed by atoms with Crippen LogP contribution in [-0.2, 0) is 13.0 Å². The highest BCUT2D eigenvalue weighted by Crippen LogP contribution is 2.06. The van der Waals surface area contributed by atoms with Crippen LogP contribution in [0.2, 0.25) is 0 Å². The van der Waals surface area contributed by atoms with Gasteiger partial charge in [-0.1, -0.05) is 36.4 Å². The number of fused-ring (bicyclic) bond motifs is 1. The number of H-pyrrole nitrogens is 1. The van der Waals surface area contributed by atoms with Gasteiger partial charge in [-0.3, -0.25) is 14.7 Å². The standard InChI is InChI=1S/C18H17N3O3/c22-11-13-7-5-12(6-8-13)9-10-19-18(24)16-17(23)14-3-1-2-4-15(14)20-21-16/h1-8,22H,9-11H2,(H,19,24)(H,20,23). The number of hydrogen-bond acceptors (Lipinski definition) is 4. The molecule has 0 aliphatic rings. The molecule has 0 aliphatic carbocycles. The second-order valence-electron chi connectivity index (χ2n) is 5.43. The van der Waals surface area contributed by atoms with E-state index >= 15 is 0 Å². The molecular formula is C18H17N3O3. The molecule has 1 aromatic heterocycles. The van der Waals surface area contributed by atoms with Crippen molar-refractivity contribution in [2.75, 3.05) is 6.54 Å². The first kappa shape index (κ1) is 15.9. The molecule has 2 aromatic carbocycles. The van der Waals surface area contributed by atoms with Crippen LogP contribution in [0.15, 0.2) is 53.3 Å². The van der Waals surface area contributed by atoms with E-state index in [1.165, 1.54) is 0 Å². The number of benzene rings is 2. The van der Waals surface area contributed by atoms with E-state index in [0.29, 0.717) is 23.9 Å². The SMILES string of the molecule is O=C(NCCc1ccc(CO)cc1)c1n[nH]c2ccccc2c1=O. The van der Waals surface area contributed by atoms with Gasteiger partial charge in [0.05, 0.1) is 12.1 Å². The maximum absolute atomic E-state index is 12.3. The number of carbonyl (C=O) groups is 1. The Morgan fingerprint density at radius 1 is 1.08 bits per heavy atom. The molecule has 3 aromatic rings. The fraction of sp³-hybridized carbons (Fsp3) is 0.167. The summed E-state index contributed by atoms with van der Waals surface area (Å²) < 4.78 is 0. The van der Waals surface area contributed by atoms with Gasteiger partial charge in [-0.2, -0.15) is 5.10 Å². The molecule has 0 spiro atoms. The van der Waals surface area contributed by atoms with Gasteiger partial charge in [-0.05, 0) is 29.7 Å². The van der Waals surface area contributed by atoms with Crippen LogP contribution < -0.4 is 10.7 Å². The van der Waals surface area contributed by atoms with Gasteiger partial charge in [-0.15, -0.1) is 0 Å². The third-order valence-corrected chi connectivity index (χ3v) is 3.79. The summed E-state index contributed by atoms with van der Waals surface area (Å²) in [5, 5.41) is 18.8. The maximum atomic E-state index is 12.3. The summed E-state index contributed by atoms with van der Waals surface area (Å²) in [7, 11) is 0. The van der Waals surface area contributed by atoms with Crippen LogP contribution in [0.5, 0.6) is 0 Å². The van der Waals surface area contributed by atoms with Crippen LogP contribution in [0.4, 0.5) is 0 Å². The molecular weight excluding hydrogens is 306 g/mol. The fourth-order valence-electron chi connectivity index (χ4n) is 2.44. The first-order valence-electron chi connectivity index (χ1n) is 7.63. The molecule has 1 heterocycles. The zero-order valence-electron chi connectivity index (χ0n) is 13.0. The normalized spacial score (nSPS) is 10.7. The molecule has 0 atom stereocenters. The van der Waals surface area contributed by atoms with E-state index in [-0.39, 0.29) is 17.7 Å². The third kappa shape index (κ3) is 3.33. The van der Waals surface area contributed by atoms with Gasteiger partial charge in [0.2, 0.25) is 5.43 Å². The van der Waals surface area contributed by atoms with Gasteiger partial charge >= 0.3 is 0 Å². The van der Waals surface area contributed by atoms with Gasteiger partial charge in [0.15, 0.2) is 5.69 Å². The zero-order chi connectivity index (χ0) is 16.9. The zero-order valence-corrected chi connectivity index (χ0v) is 13.0. The van der Waals surface area contributed by atoms with Crippen molar-refractivity contribution < 1.29 is 9.90 Å². The van der Waals surface area contributed by atoms with Crippen molar-refractivity contribution in [1.82, 2.24) is 15.5 Å². The second-order valence-corrected chi connectivity index (χ2v) is 5.43. The Bertz CT molecular complexity index is 917.